The number of hydrogen-bond donors (Lipinski definition) is 1. The van der Waals surface area contributed by atoms with Crippen molar-refractivity contribution in [3.8, 4) is 0 Å². The van der Waals surface area contributed by atoms with E-state index in [2.05, 4.69) is 14.7 Å². The van der Waals surface area contributed by atoms with E-state index >= 15 is 0 Å². The summed E-state index contributed by atoms with van der Waals surface area (Å²) in [6.45, 7) is 1.14. The van der Waals surface area contributed by atoms with Crippen LogP contribution in [0.2, 0.25) is 5.02 Å². The van der Waals surface area contributed by atoms with Gasteiger partial charge < -0.3 is 9.72 Å². The van der Waals surface area contributed by atoms with Gasteiger partial charge in [0.25, 0.3) is 0 Å². The quantitative estimate of drug-likeness (QED) is 0.887. The molecule has 2 aromatic heterocycles. The minimum absolute atomic E-state index is 0.574. The minimum Gasteiger partial charge on any atom is -0.314 e. The van der Waals surface area contributed by atoms with Crippen molar-refractivity contribution in [3.63, 3.8) is 0 Å². The highest BCUT2D eigenvalue weighted by atomic mass is 35.5. The van der Waals surface area contributed by atoms with Crippen molar-refractivity contribution in [1.29, 1.82) is 0 Å². The maximum absolute atomic E-state index is 5.97. The van der Waals surface area contributed by atoms with Crippen LogP contribution in [-0.4, -0.2) is 22.0 Å². The van der Waals surface area contributed by atoms with Crippen molar-refractivity contribution in [3.05, 3.63) is 35.4 Å². The summed E-state index contributed by atoms with van der Waals surface area (Å²) in [6.07, 6.45) is 8.77. The van der Waals surface area contributed by atoms with Gasteiger partial charge in [0.1, 0.15) is 5.82 Å². The molecule has 2 aromatic rings. The molecule has 1 N–H and O–H groups in total. The van der Waals surface area contributed by atoms with Crippen LogP contribution in [0.3, 0.4) is 0 Å². The molecular formula is C13H16ClN3. The lowest BCUT2D eigenvalue weighted by Gasteiger charge is -2.22. The number of imidazole rings is 1. The fourth-order valence-corrected chi connectivity index (χ4v) is 2.67. The number of hydrogen-bond acceptors (Lipinski definition) is 2. The first-order valence-corrected chi connectivity index (χ1v) is 6.55. The van der Waals surface area contributed by atoms with Gasteiger partial charge in [-0.1, -0.05) is 18.0 Å². The Labute approximate surface area is 106 Å². The van der Waals surface area contributed by atoms with Crippen LogP contribution in [0.4, 0.5) is 0 Å². The molecule has 0 spiro atoms. The topological polar surface area (TPSA) is 29.3 Å². The minimum atomic E-state index is 0.574. The molecule has 3 nitrogen and oxygen atoms in total. The van der Waals surface area contributed by atoms with E-state index in [1.165, 1.54) is 19.3 Å². The predicted molar refractivity (Wildman–Crippen MR) is 69.5 cm³/mol. The van der Waals surface area contributed by atoms with Crippen LogP contribution in [0.15, 0.2) is 24.5 Å². The van der Waals surface area contributed by atoms with Gasteiger partial charge in [-0.3, -0.25) is 0 Å². The summed E-state index contributed by atoms with van der Waals surface area (Å²) in [6, 6.07) is 4.44. The number of aromatic nitrogens is 2. The largest absolute Gasteiger partial charge is 0.314 e. The van der Waals surface area contributed by atoms with E-state index in [0.29, 0.717) is 6.04 Å². The number of nitrogens with one attached hydrogen (secondary N) is 1. The lowest BCUT2D eigenvalue weighted by Crippen LogP contribution is -2.36. The molecule has 0 amide bonds. The summed E-state index contributed by atoms with van der Waals surface area (Å²) < 4.78 is 2.13. The summed E-state index contributed by atoms with van der Waals surface area (Å²) in [7, 11) is 0. The van der Waals surface area contributed by atoms with Gasteiger partial charge in [0.05, 0.1) is 11.7 Å². The Hall–Kier alpha value is -1.06. The zero-order valence-electron chi connectivity index (χ0n) is 9.69. The van der Waals surface area contributed by atoms with Crippen molar-refractivity contribution in [2.75, 3.05) is 6.54 Å². The third-order valence-electron chi connectivity index (χ3n) is 3.41. The Morgan fingerprint density at radius 3 is 3.24 bits per heavy atom. The molecule has 17 heavy (non-hydrogen) atoms. The molecule has 1 aliphatic heterocycles. The van der Waals surface area contributed by atoms with Crippen molar-refractivity contribution in [2.45, 2.75) is 31.7 Å². The Bertz CT molecular complexity index is 514. The Morgan fingerprint density at radius 1 is 1.47 bits per heavy atom. The summed E-state index contributed by atoms with van der Waals surface area (Å²) in [5.41, 5.74) is 1.07. The van der Waals surface area contributed by atoms with Crippen LogP contribution in [0, 0.1) is 0 Å². The van der Waals surface area contributed by atoms with E-state index in [9.17, 15) is 0 Å². The predicted octanol–water partition coefficient (Wildman–Crippen LogP) is 2.67. The molecule has 90 valence electrons. The fraction of sp³-hybridized carbons (Fsp3) is 0.462. The maximum Gasteiger partial charge on any atom is 0.114 e. The van der Waals surface area contributed by atoms with Crippen LogP contribution in [0.25, 0.3) is 5.52 Å². The average Bonchev–Trinajstić information content (AvgIpc) is 2.73. The summed E-state index contributed by atoms with van der Waals surface area (Å²) in [5, 5.41) is 4.32. The van der Waals surface area contributed by atoms with E-state index in [-0.39, 0.29) is 0 Å². The van der Waals surface area contributed by atoms with Crippen molar-refractivity contribution in [2.24, 2.45) is 0 Å². The third-order valence-corrected chi connectivity index (χ3v) is 3.65. The zero-order chi connectivity index (χ0) is 11.7. The fourth-order valence-electron chi connectivity index (χ4n) is 2.50. The molecule has 1 unspecified atom stereocenters. The van der Waals surface area contributed by atoms with Crippen LogP contribution < -0.4 is 5.32 Å². The van der Waals surface area contributed by atoms with Gasteiger partial charge in [0, 0.05) is 23.7 Å². The van der Waals surface area contributed by atoms with Crippen LogP contribution in [-0.2, 0) is 6.42 Å². The van der Waals surface area contributed by atoms with E-state index in [1.807, 2.05) is 24.5 Å². The number of pyridine rings is 1. The molecule has 0 radical (unpaired) electrons. The molecule has 1 saturated heterocycles. The number of fused-ring (bicyclic) bond motifs is 1. The Balaban J connectivity index is 1.84. The summed E-state index contributed by atoms with van der Waals surface area (Å²) in [4.78, 5) is 4.49. The lowest BCUT2D eigenvalue weighted by atomic mass is 10.0. The van der Waals surface area contributed by atoms with Crippen LogP contribution in [0.5, 0.6) is 0 Å². The SMILES string of the molecule is Clc1ccn2c(CC3CCCCN3)ncc2c1. The molecular weight excluding hydrogens is 234 g/mol. The molecule has 4 heteroatoms. The number of rotatable bonds is 2. The second kappa shape index (κ2) is 4.67. The van der Waals surface area contributed by atoms with E-state index in [0.717, 1.165) is 29.3 Å². The lowest BCUT2D eigenvalue weighted by molar-refractivity contribution is 0.394. The first kappa shape index (κ1) is 11.1. The maximum atomic E-state index is 5.97. The number of halogens is 1. The summed E-state index contributed by atoms with van der Waals surface area (Å²) in [5.74, 6) is 1.12. The normalized spacial score (nSPS) is 20.9. The van der Waals surface area contributed by atoms with Gasteiger partial charge in [-0.25, -0.2) is 4.98 Å². The summed E-state index contributed by atoms with van der Waals surface area (Å²) >= 11 is 5.97. The Morgan fingerprint density at radius 2 is 2.41 bits per heavy atom. The number of piperidine rings is 1. The van der Waals surface area contributed by atoms with Crippen molar-refractivity contribution in [1.82, 2.24) is 14.7 Å². The molecule has 3 heterocycles. The van der Waals surface area contributed by atoms with Crippen LogP contribution in [0.1, 0.15) is 25.1 Å². The van der Waals surface area contributed by atoms with Gasteiger partial charge in [0.2, 0.25) is 0 Å². The van der Waals surface area contributed by atoms with Gasteiger partial charge in [-0.05, 0) is 31.5 Å². The van der Waals surface area contributed by atoms with Gasteiger partial charge in [-0.2, -0.15) is 0 Å². The Kier molecular flexibility index (Phi) is 3.04. The molecule has 0 aromatic carbocycles. The highest BCUT2D eigenvalue weighted by Crippen LogP contribution is 2.16. The van der Waals surface area contributed by atoms with Gasteiger partial charge >= 0.3 is 0 Å². The molecule has 3 rings (SSSR count). The number of nitrogens with zero attached hydrogens (tertiary/aromatic N) is 2. The highest BCUT2D eigenvalue weighted by molar-refractivity contribution is 6.30. The van der Waals surface area contributed by atoms with Gasteiger partial charge in [0.15, 0.2) is 0 Å². The van der Waals surface area contributed by atoms with Crippen molar-refractivity contribution < 1.29 is 0 Å². The first-order valence-electron chi connectivity index (χ1n) is 6.18. The van der Waals surface area contributed by atoms with E-state index in [1.54, 1.807) is 0 Å². The monoisotopic (exact) mass is 249 g/mol. The molecule has 1 atom stereocenters. The zero-order valence-corrected chi connectivity index (χ0v) is 10.5. The standard InChI is InChI=1S/C13H16ClN3/c14-10-4-6-17-12(7-10)9-16-13(17)8-11-3-1-2-5-15-11/h4,6-7,9,11,15H,1-3,5,8H2. The van der Waals surface area contributed by atoms with E-state index < -0.39 is 0 Å². The third kappa shape index (κ3) is 2.31. The smallest absolute Gasteiger partial charge is 0.114 e. The molecule has 1 aliphatic rings. The second-order valence-corrected chi connectivity index (χ2v) is 5.10. The molecule has 1 fully saturated rings. The molecule has 0 bridgehead atoms. The second-order valence-electron chi connectivity index (χ2n) is 4.67. The molecule has 0 aliphatic carbocycles. The highest BCUT2D eigenvalue weighted by Gasteiger charge is 2.15. The van der Waals surface area contributed by atoms with Gasteiger partial charge in [-0.15, -0.1) is 0 Å². The average molecular weight is 250 g/mol. The first-order chi connectivity index (χ1) is 8.33. The van der Waals surface area contributed by atoms with E-state index in [4.69, 9.17) is 11.6 Å². The molecule has 0 saturated carbocycles. The van der Waals surface area contributed by atoms with Crippen LogP contribution >= 0.6 is 11.6 Å². The van der Waals surface area contributed by atoms with Crippen molar-refractivity contribution >= 4 is 17.1 Å².